The Morgan fingerprint density at radius 1 is 1.09 bits per heavy atom. The van der Waals surface area contributed by atoms with Gasteiger partial charge in [-0.2, -0.15) is 0 Å². The summed E-state index contributed by atoms with van der Waals surface area (Å²) in [6, 6.07) is 0. The molecular weight excluding hydrogens is 136 g/mol. The summed E-state index contributed by atoms with van der Waals surface area (Å²) < 4.78 is 0. The van der Waals surface area contributed by atoms with Crippen molar-refractivity contribution in [1.29, 1.82) is 0 Å². The van der Waals surface area contributed by atoms with Gasteiger partial charge in [0.05, 0.1) is 5.76 Å². The largest absolute Gasteiger partial charge is 0.513 e. The average molecular weight is 154 g/mol. The first-order valence-corrected chi connectivity index (χ1v) is 4.58. The van der Waals surface area contributed by atoms with Gasteiger partial charge in [-0.25, -0.2) is 0 Å². The van der Waals surface area contributed by atoms with Crippen molar-refractivity contribution in [1.82, 2.24) is 0 Å². The summed E-state index contributed by atoms with van der Waals surface area (Å²) in [6.07, 6.45) is 6.63. The van der Waals surface area contributed by atoms with E-state index in [1.54, 1.807) is 6.92 Å². The molecule has 0 aliphatic heterocycles. The Bertz CT molecular complexity index is 148. The van der Waals surface area contributed by atoms with Gasteiger partial charge in [0.25, 0.3) is 0 Å². The van der Waals surface area contributed by atoms with Gasteiger partial charge < -0.3 is 5.11 Å². The predicted molar refractivity (Wildman–Crippen MR) is 47.6 cm³/mol. The molecule has 0 heterocycles. The third kappa shape index (κ3) is 2.25. The fourth-order valence-electron chi connectivity index (χ4n) is 1.83. The fraction of sp³-hybridized carbons (Fsp3) is 0.800. The minimum atomic E-state index is 0.539. The zero-order valence-electron chi connectivity index (χ0n) is 7.56. The van der Waals surface area contributed by atoms with E-state index in [2.05, 4.69) is 6.92 Å². The first-order chi connectivity index (χ1) is 5.22. The van der Waals surface area contributed by atoms with Crippen LogP contribution in [0.15, 0.2) is 11.3 Å². The summed E-state index contributed by atoms with van der Waals surface area (Å²) >= 11 is 0. The van der Waals surface area contributed by atoms with Crippen molar-refractivity contribution in [3.05, 3.63) is 11.3 Å². The average Bonchev–Trinajstić information content (AvgIpc) is 2.05. The van der Waals surface area contributed by atoms with Gasteiger partial charge in [-0.3, -0.25) is 0 Å². The maximum Gasteiger partial charge on any atom is 0.0883 e. The van der Waals surface area contributed by atoms with E-state index in [0.717, 1.165) is 0 Å². The van der Waals surface area contributed by atoms with Crippen LogP contribution in [0.4, 0.5) is 0 Å². The summed E-state index contributed by atoms with van der Waals surface area (Å²) in [7, 11) is 0. The van der Waals surface area contributed by atoms with Crippen LogP contribution >= 0.6 is 0 Å². The number of aliphatic hydroxyl groups excluding tert-OH is 1. The molecule has 1 rings (SSSR count). The molecule has 1 heteroatoms. The lowest BCUT2D eigenvalue weighted by Gasteiger charge is -2.22. The van der Waals surface area contributed by atoms with Crippen LogP contribution in [0.3, 0.4) is 0 Å². The maximum absolute atomic E-state index is 9.25. The van der Waals surface area contributed by atoms with E-state index >= 15 is 0 Å². The predicted octanol–water partition coefficient (Wildman–Crippen LogP) is 3.42. The van der Waals surface area contributed by atoms with Gasteiger partial charge in [0.2, 0.25) is 0 Å². The van der Waals surface area contributed by atoms with Crippen LogP contribution in [-0.4, -0.2) is 5.11 Å². The molecule has 1 fully saturated rings. The third-order valence-corrected chi connectivity index (χ3v) is 2.79. The van der Waals surface area contributed by atoms with Crippen LogP contribution in [0.25, 0.3) is 0 Å². The number of hydrogen-bond donors (Lipinski definition) is 1. The first-order valence-electron chi connectivity index (χ1n) is 4.58. The highest BCUT2D eigenvalue weighted by Crippen LogP contribution is 2.30. The third-order valence-electron chi connectivity index (χ3n) is 2.79. The van der Waals surface area contributed by atoms with E-state index in [4.69, 9.17) is 0 Å². The molecule has 0 aromatic heterocycles. The summed E-state index contributed by atoms with van der Waals surface area (Å²) in [5.41, 5.74) is 1.21. The van der Waals surface area contributed by atoms with E-state index in [0.29, 0.717) is 11.7 Å². The van der Waals surface area contributed by atoms with E-state index in [1.807, 2.05) is 0 Å². The molecule has 0 bridgehead atoms. The Kier molecular flexibility index (Phi) is 2.98. The van der Waals surface area contributed by atoms with Crippen LogP contribution in [0, 0.1) is 5.92 Å². The Morgan fingerprint density at radius 3 is 2.09 bits per heavy atom. The molecular formula is C10H18O. The smallest absolute Gasteiger partial charge is 0.0883 e. The Balaban J connectivity index is 2.52. The number of aliphatic hydroxyl groups is 1. The minimum absolute atomic E-state index is 0.539. The molecule has 1 aliphatic carbocycles. The van der Waals surface area contributed by atoms with Crippen molar-refractivity contribution < 1.29 is 5.11 Å². The van der Waals surface area contributed by atoms with Crippen molar-refractivity contribution in [2.75, 3.05) is 0 Å². The molecule has 0 unspecified atom stereocenters. The Labute approximate surface area is 69.1 Å². The lowest BCUT2D eigenvalue weighted by atomic mass is 9.84. The van der Waals surface area contributed by atoms with Gasteiger partial charge in [-0.15, -0.1) is 0 Å². The summed E-state index contributed by atoms with van der Waals surface area (Å²) in [6.45, 7) is 3.86. The molecule has 1 saturated carbocycles. The van der Waals surface area contributed by atoms with E-state index in [9.17, 15) is 5.11 Å². The van der Waals surface area contributed by atoms with Crippen molar-refractivity contribution in [2.45, 2.75) is 46.0 Å². The zero-order valence-corrected chi connectivity index (χ0v) is 7.56. The Hall–Kier alpha value is -0.460. The molecule has 0 spiro atoms. The minimum Gasteiger partial charge on any atom is -0.513 e. The number of allylic oxidation sites excluding steroid dienone is 2. The van der Waals surface area contributed by atoms with Gasteiger partial charge >= 0.3 is 0 Å². The molecule has 1 nitrogen and oxygen atoms in total. The van der Waals surface area contributed by atoms with Crippen molar-refractivity contribution in [2.24, 2.45) is 5.92 Å². The monoisotopic (exact) mass is 154 g/mol. The molecule has 0 aromatic rings. The van der Waals surface area contributed by atoms with Crippen molar-refractivity contribution >= 4 is 0 Å². The highest BCUT2D eigenvalue weighted by atomic mass is 16.3. The van der Waals surface area contributed by atoms with Gasteiger partial charge in [-0.1, -0.05) is 19.3 Å². The fourth-order valence-corrected chi connectivity index (χ4v) is 1.83. The zero-order chi connectivity index (χ0) is 8.27. The van der Waals surface area contributed by atoms with Crippen LogP contribution in [0.2, 0.25) is 0 Å². The molecule has 1 N–H and O–H groups in total. The van der Waals surface area contributed by atoms with Gasteiger partial charge in [0, 0.05) is 0 Å². The first kappa shape index (κ1) is 8.63. The number of hydrogen-bond acceptors (Lipinski definition) is 1. The highest BCUT2D eigenvalue weighted by Gasteiger charge is 2.15. The molecule has 0 aromatic carbocycles. The van der Waals surface area contributed by atoms with Crippen LogP contribution in [0.1, 0.15) is 46.0 Å². The highest BCUT2D eigenvalue weighted by molar-refractivity contribution is 5.07. The maximum atomic E-state index is 9.25. The SMILES string of the molecule is CC(O)=C(C)C1CCCCC1. The lowest BCUT2D eigenvalue weighted by Crippen LogP contribution is -2.08. The molecule has 1 aliphatic rings. The second-order valence-corrected chi connectivity index (χ2v) is 3.60. The van der Waals surface area contributed by atoms with E-state index in [1.165, 1.54) is 37.7 Å². The van der Waals surface area contributed by atoms with Crippen molar-refractivity contribution in [3.63, 3.8) is 0 Å². The lowest BCUT2D eigenvalue weighted by molar-refractivity contribution is 0.358. The van der Waals surface area contributed by atoms with Gasteiger partial charge in [0.15, 0.2) is 0 Å². The summed E-state index contributed by atoms with van der Waals surface area (Å²) in [5.74, 6) is 1.21. The summed E-state index contributed by atoms with van der Waals surface area (Å²) in [5, 5.41) is 9.25. The quantitative estimate of drug-likeness (QED) is 0.574. The standard InChI is InChI=1S/C10H18O/c1-8(9(2)11)10-6-4-3-5-7-10/h10-11H,3-7H2,1-2H3. The Morgan fingerprint density at radius 2 is 1.64 bits per heavy atom. The molecule has 0 amide bonds. The second kappa shape index (κ2) is 3.80. The normalized spacial score (nSPS) is 23.1. The van der Waals surface area contributed by atoms with Crippen LogP contribution in [0.5, 0.6) is 0 Å². The second-order valence-electron chi connectivity index (χ2n) is 3.60. The summed E-state index contributed by atoms with van der Waals surface area (Å²) in [4.78, 5) is 0. The molecule has 64 valence electrons. The van der Waals surface area contributed by atoms with Crippen LogP contribution in [-0.2, 0) is 0 Å². The number of rotatable bonds is 1. The van der Waals surface area contributed by atoms with E-state index < -0.39 is 0 Å². The molecule has 0 radical (unpaired) electrons. The van der Waals surface area contributed by atoms with Crippen molar-refractivity contribution in [3.8, 4) is 0 Å². The van der Waals surface area contributed by atoms with Gasteiger partial charge in [-0.05, 0) is 38.2 Å². The molecule has 11 heavy (non-hydrogen) atoms. The molecule has 0 atom stereocenters. The topological polar surface area (TPSA) is 20.2 Å². The van der Waals surface area contributed by atoms with Gasteiger partial charge in [0.1, 0.15) is 0 Å². The molecule has 0 saturated heterocycles. The van der Waals surface area contributed by atoms with Crippen LogP contribution < -0.4 is 0 Å². The van der Waals surface area contributed by atoms with E-state index in [-0.39, 0.29) is 0 Å².